The summed E-state index contributed by atoms with van der Waals surface area (Å²) in [6.45, 7) is 2.09. The lowest BCUT2D eigenvalue weighted by atomic mass is 9.81. The largest absolute Gasteiger partial charge is 0.481 e. The molecule has 1 aliphatic heterocycles. The molecule has 1 saturated carbocycles. The zero-order valence-electron chi connectivity index (χ0n) is 28.8. The first-order chi connectivity index (χ1) is 26.0. The first-order valence-corrected chi connectivity index (χ1v) is 17.4. The van der Waals surface area contributed by atoms with E-state index in [1.807, 2.05) is 16.7 Å². The van der Waals surface area contributed by atoms with Crippen molar-refractivity contribution in [1.29, 1.82) is 0 Å². The Bertz CT molecular complexity index is 2520. The number of anilines is 2. The van der Waals surface area contributed by atoms with Gasteiger partial charge in [-0.2, -0.15) is 13.2 Å². The van der Waals surface area contributed by atoms with Crippen LogP contribution in [-0.4, -0.2) is 78.5 Å². The molecule has 2 atom stereocenters. The number of halogens is 4. The molecular formula is C36H31ClF3N9O5. The molecule has 2 aliphatic rings. The maximum atomic E-state index is 14.6. The van der Waals surface area contributed by atoms with Crippen molar-refractivity contribution < 1.29 is 31.9 Å². The Hall–Kier alpha value is -5.97. The third-order valence-corrected chi connectivity index (χ3v) is 10.3. The lowest BCUT2D eigenvalue weighted by Crippen LogP contribution is -2.67. The van der Waals surface area contributed by atoms with Gasteiger partial charge in [-0.15, -0.1) is 15.0 Å². The van der Waals surface area contributed by atoms with Gasteiger partial charge in [0.1, 0.15) is 17.7 Å². The van der Waals surface area contributed by atoms with Crippen LogP contribution in [0.3, 0.4) is 0 Å². The fourth-order valence-corrected chi connectivity index (χ4v) is 7.53. The van der Waals surface area contributed by atoms with Crippen LogP contribution in [0.4, 0.5) is 24.5 Å². The number of hydrogen-bond donors (Lipinski definition) is 1. The molecule has 14 nitrogen and oxygen atoms in total. The number of nitrogens with one attached hydrogen (secondary N) is 1. The molecule has 1 saturated heterocycles. The average Bonchev–Trinajstić information content (AvgIpc) is 3.82. The van der Waals surface area contributed by atoms with Crippen LogP contribution in [0.25, 0.3) is 28.0 Å². The normalized spacial score (nSPS) is 17.1. The number of amides is 2. The first kappa shape index (κ1) is 35.1. The summed E-state index contributed by atoms with van der Waals surface area (Å²) in [7, 11) is 1.46. The van der Waals surface area contributed by atoms with E-state index in [1.165, 1.54) is 24.5 Å². The molecule has 0 radical (unpaired) electrons. The molecule has 0 bridgehead atoms. The van der Waals surface area contributed by atoms with Crippen LogP contribution >= 0.6 is 11.6 Å². The molecule has 2 fully saturated rings. The van der Waals surface area contributed by atoms with Gasteiger partial charge in [0.2, 0.25) is 17.2 Å². The predicted octanol–water partition coefficient (Wildman–Crippen LogP) is 5.49. The minimum atomic E-state index is -4.62. The van der Waals surface area contributed by atoms with E-state index in [0.29, 0.717) is 66.1 Å². The van der Waals surface area contributed by atoms with Gasteiger partial charge in [0.25, 0.3) is 5.91 Å². The van der Waals surface area contributed by atoms with Crippen molar-refractivity contribution in [3.05, 3.63) is 93.2 Å². The molecular weight excluding hydrogens is 731 g/mol. The van der Waals surface area contributed by atoms with E-state index < -0.39 is 23.1 Å². The van der Waals surface area contributed by atoms with Crippen LogP contribution in [0.5, 0.6) is 5.88 Å². The molecule has 0 spiro atoms. The van der Waals surface area contributed by atoms with Crippen molar-refractivity contribution >= 4 is 57.1 Å². The van der Waals surface area contributed by atoms with Gasteiger partial charge in [0.15, 0.2) is 23.1 Å². The predicted molar refractivity (Wildman–Crippen MR) is 191 cm³/mol. The standard InChI is InChI=1S/C36H31ClF3N9O5/c1-3-25-31(46-13-14-47(27-10-9-26(27)46)35(52)21-5-4-6-24-33(21)54-18-42-24)32(51)30-34(45-49(44-30)20-11-12-41-29(16-20)53-2)48(25)17-28(50)43-23-8-7-19(15-22(23)37)36(38,39)40/h4-8,11-12,15-16,18,26-27H,3,9-10,13-14,17H2,1-2H3,(H,43,50)/t26-,27-/m0/s1. The monoisotopic (exact) mass is 761 g/mol. The number of para-hydroxylation sites is 1. The number of alkyl halides is 3. The number of nitrogens with zero attached hydrogens (tertiary/aromatic N) is 8. The second-order valence-corrected chi connectivity index (χ2v) is 13.3. The number of oxazole rings is 1. The van der Waals surface area contributed by atoms with Gasteiger partial charge in [-0.1, -0.05) is 24.6 Å². The van der Waals surface area contributed by atoms with Crippen LogP contribution in [0, 0.1) is 0 Å². The molecule has 54 heavy (non-hydrogen) atoms. The van der Waals surface area contributed by atoms with Crippen LogP contribution in [0.15, 0.2) is 70.3 Å². The smallest absolute Gasteiger partial charge is 0.416 e. The molecule has 2 amide bonds. The van der Waals surface area contributed by atoms with Crippen molar-refractivity contribution in [3.63, 3.8) is 0 Å². The fourth-order valence-electron chi connectivity index (χ4n) is 7.31. The van der Waals surface area contributed by atoms with Gasteiger partial charge in [-0.05, 0) is 55.7 Å². The maximum absolute atomic E-state index is 14.6. The summed E-state index contributed by atoms with van der Waals surface area (Å²) in [6, 6.07) is 10.7. The number of aromatic nitrogens is 6. The number of rotatable bonds is 8. The van der Waals surface area contributed by atoms with Crippen LogP contribution in [-0.2, 0) is 23.9 Å². The summed E-state index contributed by atoms with van der Waals surface area (Å²) in [5.74, 6) is -0.527. The Morgan fingerprint density at radius 2 is 1.87 bits per heavy atom. The number of fused-ring (bicyclic) bond motifs is 3. The molecule has 6 aromatic rings. The summed E-state index contributed by atoms with van der Waals surface area (Å²) in [6.07, 6.45) is -0.0914. The van der Waals surface area contributed by atoms with Crippen molar-refractivity contribution in [2.45, 2.75) is 51.0 Å². The van der Waals surface area contributed by atoms with E-state index in [0.717, 1.165) is 18.2 Å². The molecule has 2 aromatic carbocycles. The molecule has 0 unspecified atom stereocenters. The third kappa shape index (κ3) is 5.97. The number of methoxy groups -OCH3 is 1. The first-order valence-electron chi connectivity index (χ1n) is 17.1. The highest BCUT2D eigenvalue weighted by molar-refractivity contribution is 6.33. The van der Waals surface area contributed by atoms with Crippen LogP contribution in [0.1, 0.15) is 41.4 Å². The highest BCUT2D eigenvalue weighted by Gasteiger charge is 2.47. The van der Waals surface area contributed by atoms with Gasteiger partial charge in [-0.3, -0.25) is 14.4 Å². The van der Waals surface area contributed by atoms with E-state index in [2.05, 4.69) is 25.5 Å². The minimum absolute atomic E-state index is 0.00952. The lowest BCUT2D eigenvalue weighted by Gasteiger charge is -2.54. The van der Waals surface area contributed by atoms with E-state index in [4.69, 9.17) is 20.8 Å². The van der Waals surface area contributed by atoms with Gasteiger partial charge in [0, 0.05) is 37.1 Å². The van der Waals surface area contributed by atoms with Gasteiger partial charge in [0.05, 0.1) is 40.7 Å². The van der Waals surface area contributed by atoms with E-state index in [-0.39, 0.29) is 52.3 Å². The molecule has 4 aromatic heterocycles. The molecule has 5 heterocycles. The summed E-state index contributed by atoms with van der Waals surface area (Å²) in [5, 5.41) is 11.5. The van der Waals surface area contributed by atoms with Crippen molar-refractivity contribution in [3.8, 4) is 11.6 Å². The zero-order valence-corrected chi connectivity index (χ0v) is 29.6. The maximum Gasteiger partial charge on any atom is 0.416 e. The van der Waals surface area contributed by atoms with E-state index in [9.17, 15) is 27.6 Å². The minimum Gasteiger partial charge on any atom is -0.481 e. The van der Waals surface area contributed by atoms with Gasteiger partial charge >= 0.3 is 6.18 Å². The summed E-state index contributed by atoms with van der Waals surface area (Å²) < 4.78 is 52.2. The Balaban J connectivity index is 1.18. The quantitative estimate of drug-likeness (QED) is 0.211. The topological polar surface area (TPSA) is 154 Å². The lowest BCUT2D eigenvalue weighted by molar-refractivity contribution is -0.137. The summed E-state index contributed by atoms with van der Waals surface area (Å²) in [5.41, 5.74) is 1.41. The van der Waals surface area contributed by atoms with Crippen molar-refractivity contribution in [1.82, 2.24) is 34.4 Å². The second kappa shape index (κ2) is 13.5. The molecule has 18 heteroatoms. The average molecular weight is 762 g/mol. The van der Waals surface area contributed by atoms with Crippen molar-refractivity contribution in [2.75, 3.05) is 30.4 Å². The molecule has 8 rings (SSSR count). The molecule has 1 aliphatic carbocycles. The Morgan fingerprint density at radius 1 is 1.06 bits per heavy atom. The zero-order chi connectivity index (χ0) is 37.9. The van der Waals surface area contributed by atoms with Gasteiger partial charge in [-0.25, -0.2) is 9.97 Å². The highest BCUT2D eigenvalue weighted by Crippen LogP contribution is 2.39. The Morgan fingerprint density at radius 3 is 2.59 bits per heavy atom. The third-order valence-electron chi connectivity index (χ3n) is 9.97. The summed E-state index contributed by atoms with van der Waals surface area (Å²) in [4.78, 5) is 55.5. The molecule has 1 N–H and O–H groups in total. The van der Waals surface area contributed by atoms with Gasteiger partial charge < -0.3 is 28.8 Å². The second-order valence-electron chi connectivity index (χ2n) is 12.9. The number of carbonyl (C=O) groups excluding carboxylic acids is 2. The Labute approximate surface area is 309 Å². The number of pyridine rings is 2. The SMILES string of the molecule is CCc1c(N2CCN(C(=O)c3cccc4ncoc34)[C@H]3CC[C@@H]32)c(=O)c2nn(-c3ccnc(OC)c3)nc2n1CC(=O)Nc1ccc(C(F)(F)F)cc1Cl. The number of ether oxygens (including phenoxy) is 1. The Kier molecular flexibility index (Phi) is 8.75. The van der Waals surface area contributed by atoms with E-state index >= 15 is 0 Å². The highest BCUT2D eigenvalue weighted by atomic mass is 35.5. The number of piperazine rings is 1. The fraction of sp³-hybridized carbons (Fsp3) is 0.306. The summed E-state index contributed by atoms with van der Waals surface area (Å²) >= 11 is 6.16. The van der Waals surface area contributed by atoms with E-state index in [1.54, 1.807) is 34.9 Å². The number of hydrogen-bond acceptors (Lipinski definition) is 10. The van der Waals surface area contributed by atoms with Crippen LogP contribution in [0.2, 0.25) is 5.02 Å². The van der Waals surface area contributed by atoms with Crippen LogP contribution < -0.4 is 20.4 Å². The molecule has 278 valence electrons. The van der Waals surface area contributed by atoms with Crippen molar-refractivity contribution in [2.24, 2.45) is 0 Å². The number of carbonyl (C=O) groups is 2. The number of benzene rings is 2.